The first-order valence-electron chi connectivity index (χ1n) is 8.42. The lowest BCUT2D eigenvalue weighted by atomic mass is 10.2. The monoisotopic (exact) mass is 373 g/mol. The van der Waals surface area contributed by atoms with Crippen molar-refractivity contribution in [1.82, 2.24) is 5.32 Å². The van der Waals surface area contributed by atoms with Gasteiger partial charge in [-0.15, -0.1) is 11.8 Å². The molecule has 26 heavy (non-hydrogen) atoms. The summed E-state index contributed by atoms with van der Waals surface area (Å²) in [5.41, 5.74) is 0.453. The van der Waals surface area contributed by atoms with Gasteiger partial charge in [-0.05, 0) is 38.1 Å². The number of carbonyl (C=O) groups excluding carboxylic acids is 2. The minimum absolute atomic E-state index is 0.0653. The summed E-state index contributed by atoms with van der Waals surface area (Å²) in [6.45, 7) is 4.25. The first-order chi connectivity index (χ1) is 12.6. The molecule has 0 heterocycles. The molecular weight excluding hydrogens is 350 g/mol. The van der Waals surface area contributed by atoms with Gasteiger partial charge in [0.05, 0.1) is 11.3 Å². The van der Waals surface area contributed by atoms with Crippen molar-refractivity contribution in [3.8, 4) is 5.75 Å². The number of para-hydroxylation sites is 1. The maximum atomic E-state index is 12.3. The van der Waals surface area contributed by atoms with Crippen LogP contribution < -0.4 is 10.1 Å². The van der Waals surface area contributed by atoms with Crippen molar-refractivity contribution in [2.45, 2.75) is 24.8 Å². The lowest BCUT2D eigenvalue weighted by Gasteiger charge is -2.11. The van der Waals surface area contributed by atoms with E-state index >= 15 is 0 Å². The molecule has 1 amide bonds. The van der Waals surface area contributed by atoms with Crippen molar-refractivity contribution in [3.63, 3.8) is 0 Å². The SMILES string of the molecule is CC(C)NC(=O)CSc1ccccc1C(=O)OCCOc1ccccc1. The van der Waals surface area contributed by atoms with Gasteiger partial charge in [0.25, 0.3) is 0 Å². The number of hydrogen-bond donors (Lipinski definition) is 1. The number of amides is 1. The molecule has 138 valence electrons. The molecule has 0 spiro atoms. The first-order valence-corrected chi connectivity index (χ1v) is 9.41. The minimum Gasteiger partial charge on any atom is -0.490 e. The van der Waals surface area contributed by atoms with Gasteiger partial charge in [0.1, 0.15) is 19.0 Å². The highest BCUT2D eigenvalue weighted by Gasteiger charge is 2.14. The van der Waals surface area contributed by atoms with Gasteiger partial charge in [-0.25, -0.2) is 4.79 Å². The van der Waals surface area contributed by atoms with Gasteiger partial charge < -0.3 is 14.8 Å². The summed E-state index contributed by atoms with van der Waals surface area (Å²) in [4.78, 5) is 24.8. The summed E-state index contributed by atoms with van der Waals surface area (Å²) >= 11 is 1.32. The summed E-state index contributed by atoms with van der Waals surface area (Å²) in [7, 11) is 0. The number of rotatable bonds is 9. The van der Waals surface area contributed by atoms with Gasteiger partial charge in [0, 0.05) is 10.9 Å². The molecule has 2 aromatic carbocycles. The number of ether oxygens (including phenoxy) is 2. The zero-order chi connectivity index (χ0) is 18.8. The van der Waals surface area contributed by atoms with Gasteiger partial charge in [-0.3, -0.25) is 4.79 Å². The van der Waals surface area contributed by atoms with Gasteiger partial charge in [-0.2, -0.15) is 0 Å². The molecule has 0 radical (unpaired) electrons. The number of thioether (sulfide) groups is 1. The Morgan fingerprint density at radius 2 is 1.69 bits per heavy atom. The van der Waals surface area contributed by atoms with Crippen LogP contribution in [0.3, 0.4) is 0 Å². The zero-order valence-electron chi connectivity index (χ0n) is 14.9. The van der Waals surface area contributed by atoms with Crippen LogP contribution in [0.5, 0.6) is 5.75 Å². The Hall–Kier alpha value is -2.47. The zero-order valence-corrected chi connectivity index (χ0v) is 15.8. The lowest BCUT2D eigenvalue weighted by Crippen LogP contribution is -2.31. The van der Waals surface area contributed by atoms with Crippen LogP contribution in [0.1, 0.15) is 24.2 Å². The quantitative estimate of drug-likeness (QED) is 0.414. The van der Waals surface area contributed by atoms with E-state index in [0.717, 1.165) is 10.6 Å². The second-order valence-corrected chi connectivity index (χ2v) is 6.82. The predicted octanol–water partition coefficient (Wildman–Crippen LogP) is 3.54. The third-order valence-corrected chi connectivity index (χ3v) is 4.32. The van der Waals surface area contributed by atoms with E-state index in [2.05, 4.69) is 5.32 Å². The van der Waals surface area contributed by atoms with Crippen LogP contribution in [0.2, 0.25) is 0 Å². The number of hydrogen-bond acceptors (Lipinski definition) is 5. The van der Waals surface area contributed by atoms with E-state index < -0.39 is 5.97 Å². The van der Waals surface area contributed by atoms with E-state index in [1.807, 2.05) is 56.3 Å². The second-order valence-electron chi connectivity index (χ2n) is 5.80. The van der Waals surface area contributed by atoms with E-state index in [4.69, 9.17) is 9.47 Å². The average Bonchev–Trinajstić information content (AvgIpc) is 2.64. The Morgan fingerprint density at radius 3 is 2.42 bits per heavy atom. The van der Waals surface area contributed by atoms with Crippen molar-refractivity contribution >= 4 is 23.6 Å². The molecule has 2 rings (SSSR count). The maximum Gasteiger partial charge on any atom is 0.339 e. The van der Waals surface area contributed by atoms with E-state index in [1.165, 1.54) is 11.8 Å². The van der Waals surface area contributed by atoms with Crippen LogP contribution in [-0.4, -0.2) is 36.9 Å². The molecule has 0 fully saturated rings. The molecule has 1 N–H and O–H groups in total. The number of carbonyl (C=O) groups is 2. The van der Waals surface area contributed by atoms with Gasteiger partial charge in [0.2, 0.25) is 5.91 Å². The first kappa shape index (κ1) is 19.8. The van der Waals surface area contributed by atoms with E-state index in [-0.39, 0.29) is 30.9 Å². The van der Waals surface area contributed by atoms with Crippen molar-refractivity contribution in [2.75, 3.05) is 19.0 Å². The normalized spacial score (nSPS) is 10.4. The van der Waals surface area contributed by atoms with Crippen LogP contribution in [0.4, 0.5) is 0 Å². The van der Waals surface area contributed by atoms with Crippen LogP contribution >= 0.6 is 11.8 Å². The topological polar surface area (TPSA) is 64.6 Å². The highest BCUT2D eigenvalue weighted by molar-refractivity contribution is 8.00. The molecule has 0 bridgehead atoms. The molecule has 6 heteroatoms. The van der Waals surface area contributed by atoms with E-state index in [0.29, 0.717) is 5.56 Å². The van der Waals surface area contributed by atoms with Crippen LogP contribution in [0.15, 0.2) is 59.5 Å². The van der Waals surface area contributed by atoms with Crippen LogP contribution in [-0.2, 0) is 9.53 Å². The molecule has 0 aliphatic rings. The Bertz CT molecular complexity index is 719. The van der Waals surface area contributed by atoms with E-state index in [9.17, 15) is 9.59 Å². The summed E-state index contributed by atoms with van der Waals surface area (Å²) in [5.74, 6) is 0.494. The van der Waals surface area contributed by atoms with Crippen molar-refractivity contribution in [1.29, 1.82) is 0 Å². The van der Waals surface area contributed by atoms with Gasteiger partial charge in [-0.1, -0.05) is 30.3 Å². The van der Waals surface area contributed by atoms with Crippen molar-refractivity contribution < 1.29 is 19.1 Å². The van der Waals surface area contributed by atoms with Crippen LogP contribution in [0.25, 0.3) is 0 Å². The van der Waals surface area contributed by atoms with E-state index in [1.54, 1.807) is 12.1 Å². The molecule has 5 nitrogen and oxygen atoms in total. The standard InChI is InChI=1S/C20H23NO4S/c1-15(2)21-19(22)14-26-18-11-7-6-10-17(18)20(23)25-13-12-24-16-8-4-3-5-9-16/h3-11,15H,12-14H2,1-2H3,(H,21,22). The predicted molar refractivity (Wildman–Crippen MR) is 103 cm³/mol. The fourth-order valence-corrected chi connectivity index (χ4v) is 3.01. The maximum absolute atomic E-state index is 12.3. The summed E-state index contributed by atoms with van der Waals surface area (Å²) < 4.78 is 10.8. The molecule has 0 unspecified atom stereocenters. The molecule has 0 aliphatic carbocycles. The fourth-order valence-electron chi connectivity index (χ4n) is 2.16. The van der Waals surface area contributed by atoms with Gasteiger partial charge >= 0.3 is 5.97 Å². The Morgan fingerprint density at radius 1 is 1.00 bits per heavy atom. The van der Waals surface area contributed by atoms with Crippen molar-refractivity contribution in [3.05, 3.63) is 60.2 Å². The fraction of sp³-hybridized carbons (Fsp3) is 0.300. The number of esters is 1. The smallest absolute Gasteiger partial charge is 0.339 e. The molecule has 0 aromatic heterocycles. The molecule has 0 atom stereocenters. The number of benzene rings is 2. The molecular formula is C20H23NO4S. The highest BCUT2D eigenvalue weighted by Crippen LogP contribution is 2.23. The van der Waals surface area contributed by atoms with Crippen LogP contribution in [0, 0.1) is 0 Å². The largest absolute Gasteiger partial charge is 0.490 e. The summed E-state index contributed by atoms with van der Waals surface area (Å²) in [6, 6.07) is 16.6. The lowest BCUT2D eigenvalue weighted by molar-refractivity contribution is -0.119. The van der Waals surface area contributed by atoms with Gasteiger partial charge in [0.15, 0.2) is 0 Å². The molecule has 0 saturated carbocycles. The molecule has 0 aliphatic heterocycles. The Labute approximate surface area is 158 Å². The minimum atomic E-state index is -0.422. The third-order valence-electron chi connectivity index (χ3n) is 3.24. The summed E-state index contributed by atoms with van der Waals surface area (Å²) in [6.07, 6.45) is 0. The number of nitrogens with one attached hydrogen (secondary N) is 1. The summed E-state index contributed by atoms with van der Waals surface area (Å²) in [5, 5.41) is 2.83. The molecule has 2 aromatic rings. The average molecular weight is 373 g/mol. The molecule has 0 saturated heterocycles. The second kappa shape index (κ2) is 10.5. The Kier molecular flexibility index (Phi) is 8.02. The van der Waals surface area contributed by atoms with Crippen molar-refractivity contribution in [2.24, 2.45) is 0 Å². The highest BCUT2D eigenvalue weighted by atomic mass is 32.2. The third kappa shape index (κ3) is 6.80. The Balaban J connectivity index is 1.83.